The number of rotatable bonds is 2. The second kappa shape index (κ2) is 4.54. The number of halogens is 4. The molecule has 0 radical (unpaired) electrons. The monoisotopic (exact) mass is 349 g/mol. The maximum atomic E-state index is 12.4. The summed E-state index contributed by atoms with van der Waals surface area (Å²) in [5.41, 5.74) is 0.692. The van der Waals surface area contributed by atoms with Crippen LogP contribution >= 0.6 is 15.9 Å². The average Bonchev–Trinajstić information content (AvgIpc) is 2.60. The minimum atomic E-state index is -4.51. The maximum absolute atomic E-state index is 12.4. The fourth-order valence-corrected chi connectivity index (χ4v) is 3.05. The summed E-state index contributed by atoms with van der Waals surface area (Å²) in [5.74, 6) is -0.944. The molecule has 0 amide bonds. The molecule has 1 atom stereocenters. The minimum Gasteiger partial charge on any atom is -0.352 e. The Kier molecular flexibility index (Phi) is 3.19. The van der Waals surface area contributed by atoms with Crippen LogP contribution in [0.2, 0.25) is 0 Å². The highest BCUT2D eigenvalue weighted by atomic mass is 79.9. The van der Waals surface area contributed by atoms with Crippen molar-refractivity contribution in [1.29, 1.82) is 0 Å². The summed E-state index contributed by atoms with van der Waals surface area (Å²) in [6.07, 6.45) is -7.11. The van der Waals surface area contributed by atoms with Gasteiger partial charge in [0.15, 0.2) is 5.78 Å². The molecule has 1 saturated heterocycles. The molecule has 1 fully saturated rings. The van der Waals surface area contributed by atoms with E-state index in [0.29, 0.717) is 23.1 Å². The van der Waals surface area contributed by atoms with Crippen LogP contribution in [0.25, 0.3) is 0 Å². The highest BCUT2D eigenvalue weighted by Gasteiger charge is 2.52. The lowest BCUT2D eigenvalue weighted by molar-refractivity contribution is -0.170. The van der Waals surface area contributed by atoms with Crippen molar-refractivity contribution in [1.82, 2.24) is 5.32 Å². The van der Waals surface area contributed by atoms with Gasteiger partial charge in [-0.2, -0.15) is 13.2 Å². The van der Waals surface area contributed by atoms with E-state index in [4.69, 9.17) is 4.74 Å². The highest BCUT2D eigenvalue weighted by Crippen LogP contribution is 2.47. The Labute approximate surface area is 121 Å². The standard InChI is InChI=1S/C13H11BrF3NO2/c14-7-1-2-9-8(3-7)11(10(19)4-13(15,16)17)20-12(9)5-18-6-12/h1-3,11,18H,4-6H2. The van der Waals surface area contributed by atoms with Crippen LogP contribution in [0.3, 0.4) is 0 Å². The predicted octanol–water partition coefficient (Wildman–Crippen LogP) is 2.84. The molecule has 1 aromatic carbocycles. The molecule has 2 aliphatic heterocycles. The summed E-state index contributed by atoms with van der Waals surface area (Å²) in [4.78, 5) is 11.9. The molecule has 3 nitrogen and oxygen atoms in total. The van der Waals surface area contributed by atoms with E-state index in [2.05, 4.69) is 21.2 Å². The molecule has 20 heavy (non-hydrogen) atoms. The Morgan fingerprint density at radius 1 is 1.45 bits per heavy atom. The molecule has 0 aromatic heterocycles. The number of fused-ring (bicyclic) bond motifs is 2. The third kappa shape index (κ3) is 2.27. The summed E-state index contributed by atoms with van der Waals surface area (Å²) in [7, 11) is 0. The van der Waals surface area contributed by atoms with Gasteiger partial charge >= 0.3 is 6.18 Å². The Bertz CT molecular complexity index is 569. The summed E-state index contributed by atoms with van der Waals surface area (Å²) < 4.78 is 43.6. The number of alkyl halides is 3. The second-order valence-corrected chi connectivity index (χ2v) is 6.00. The zero-order valence-corrected chi connectivity index (χ0v) is 11.8. The molecule has 0 saturated carbocycles. The molecule has 1 spiro atoms. The second-order valence-electron chi connectivity index (χ2n) is 5.09. The third-order valence-electron chi connectivity index (χ3n) is 3.62. The molecule has 1 unspecified atom stereocenters. The molecule has 2 aliphatic rings. The Hall–Kier alpha value is -0.920. The van der Waals surface area contributed by atoms with Gasteiger partial charge in [-0.3, -0.25) is 4.79 Å². The maximum Gasteiger partial charge on any atom is 0.396 e. The van der Waals surface area contributed by atoms with Crippen LogP contribution in [0, 0.1) is 0 Å². The van der Waals surface area contributed by atoms with E-state index in [0.717, 1.165) is 5.56 Å². The number of benzene rings is 1. The van der Waals surface area contributed by atoms with Gasteiger partial charge in [0, 0.05) is 17.6 Å². The van der Waals surface area contributed by atoms with Crippen LogP contribution in [0.15, 0.2) is 22.7 Å². The molecule has 2 heterocycles. The quantitative estimate of drug-likeness (QED) is 0.892. The summed E-state index contributed by atoms with van der Waals surface area (Å²) >= 11 is 3.28. The SMILES string of the molecule is O=C(CC(F)(F)F)C1OC2(CNC2)c2ccc(Br)cc21. The first-order valence-electron chi connectivity index (χ1n) is 6.09. The van der Waals surface area contributed by atoms with Crippen LogP contribution in [0.4, 0.5) is 13.2 Å². The fourth-order valence-electron chi connectivity index (χ4n) is 2.67. The van der Waals surface area contributed by atoms with Gasteiger partial charge < -0.3 is 10.1 Å². The zero-order chi connectivity index (χ0) is 14.5. The van der Waals surface area contributed by atoms with Crippen molar-refractivity contribution < 1.29 is 22.7 Å². The van der Waals surface area contributed by atoms with E-state index in [1.165, 1.54) is 0 Å². The van der Waals surface area contributed by atoms with E-state index < -0.39 is 30.1 Å². The lowest BCUT2D eigenvalue weighted by Crippen LogP contribution is -2.57. The molecule has 108 valence electrons. The number of Topliss-reactive ketones (excluding diaryl/α,β-unsaturated/α-hetero) is 1. The summed E-state index contributed by atoms with van der Waals surface area (Å²) in [6.45, 7) is 1.02. The molecule has 0 aliphatic carbocycles. The van der Waals surface area contributed by atoms with Crippen molar-refractivity contribution >= 4 is 21.7 Å². The van der Waals surface area contributed by atoms with Gasteiger partial charge in [-0.15, -0.1) is 0 Å². The molecular weight excluding hydrogens is 339 g/mol. The fraction of sp³-hybridized carbons (Fsp3) is 0.462. The number of carbonyl (C=O) groups excluding carboxylic acids is 1. The third-order valence-corrected chi connectivity index (χ3v) is 4.11. The van der Waals surface area contributed by atoms with E-state index in [-0.39, 0.29) is 0 Å². The number of ketones is 1. The van der Waals surface area contributed by atoms with E-state index in [1.807, 2.05) is 0 Å². The smallest absolute Gasteiger partial charge is 0.352 e. The van der Waals surface area contributed by atoms with Crippen molar-refractivity contribution in [3.05, 3.63) is 33.8 Å². The first kappa shape index (κ1) is 14.0. The normalized spacial score (nSPS) is 23.5. The lowest BCUT2D eigenvalue weighted by atomic mass is 9.86. The zero-order valence-electron chi connectivity index (χ0n) is 10.3. The lowest BCUT2D eigenvalue weighted by Gasteiger charge is -2.39. The van der Waals surface area contributed by atoms with Gasteiger partial charge in [0.25, 0.3) is 0 Å². The minimum absolute atomic E-state index is 0.511. The average molecular weight is 350 g/mol. The first-order chi connectivity index (χ1) is 9.31. The number of hydrogen-bond acceptors (Lipinski definition) is 3. The van der Waals surface area contributed by atoms with Crippen molar-refractivity contribution in [3.63, 3.8) is 0 Å². The van der Waals surface area contributed by atoms with Gasteiger partial charge in [-0.25, -0.2) is 0 Å². The Morgan fingerprint density at radius 3 is 2.70 bits per heavy atom. The first-order valence-corrected chi connectivity index (χ1v) is 6.88. The van der Waals surface area contributed by atoms with Crippen LogP contribution in [0.5, 0.6) is 0 Å². The van der Waals surface area contributed by atoms with Crippen molar-refractivity contribution in [2.24, 2.45) is 0 Å². The highest BCUT2D eigenvalue weighted by molar-refractivity contribution is 9.10. The van der Waals surface area contributed by atoms with Crippen molar-refractivity contribution in [3.8, 4) is 0 Å². The summed E-state index contributed by atoms with van der Waals surface area (Å²) in [6, 6.07) is 5.28. The Morgan fingerprint density at radius 2 is 2.15 bits per heavy atom. The van der Waals surface area contributed by atoms with Gasteiger partial charge in [-0.05, 0) is 23.3 Å². The van der Waals surface area contributed by atoms with E-state index >= 15 is 0 Å². The number of hydrogen-bond donors (Lipinski definition) is 1. The van der Waals surface area contributed by atoms with Gasteiger partial charge in [0.05, 0.1) is 0 Å². The van der Waals surface area contributed by atoms with Crippen LogP contribution < -0.4 is 5.32 Å². The van der Waals surface area contributed by atoms with Crippen LogP contribution in [0.1, 0.15) is 23.7 Å². The van der Waals surface area contributed by atoms with Gasteiger partial charge in [-0.1, -0.05) is 22.0 Å². The predicted molar refractivity (Wildman–Crippen MR) is 68.2 cm³/mol. The molecule has 0 bridgehead atoms. The molecule has 3 rings (SSSR count). The number of nitrogens with one attached hydrogen (secondary N) is 1. The van der Waals surface area contributed by atoms with Gasteiger partial charge in [0.2, 0.25) is 0 Å². The van der Waals surface area contributed by atoms with Crippen molar-refractivity contribution in [2.75, 3.05) is 13.1 Å². The number of carbonyl (C=O) groups is 1. The largest absolute Gasteiger partial charge is 0.396 e. The van der Waals surface area contributed by atoms with Crippen molar-refractivity contribution in [2.45, 2.75) is 24.3 Å². The van der Waals surface area contributed by atoms with E-state index in [1.54, 1.807) is 18.2 Å². The molecule has 7 heteroatoms. The Balaban J connectivity index is 1.95. The molecule has 1 aromatic rings. The molecule has 1 N–H and O–H groups in total. The number of ether oxygens (including phenoxy) is 1. The van der Waals surface area contributed by atoms with E-state index in [9.17, 15) is 18.0 Å². The molecular formula is C13H11BrF3NO2. The van der Waals surface area contributed by atoms with Gasteiger partial charge in [0.1, 0.15) is 18.1 Å². The topological polar surface area (TPSA) is 38.3 Å². The summed E-state index contributed by atoms with van der Waals surface area (Å²) in [5, 5.41) is 3.04. The van der Waals surface area contributed by atoms with Crippen LogP contribution in [-0.2, 0) is 15.1 Å². The van der Waals surface area contributed by atoms with Crippen LogP contribution in [-0.4, -0.2) is 25.0 Å².